The van der Waals surface area contributed by atoms with Gasteiger partial charge in [0.25, 0.3) is 5.91 Å². The van der Waals surface area contributed by atoms with Crippen molar-refractivity contribution in [3.63, 3.8) is 0 Å². The number of carbonyl (C=O) groups excluding carboxylic acids is 1. The van der Waals surface area contributed by atoms with Gasteiger partial charge in [-0.3, -0.25) is 4.79 Å². The second-order valence-corrected chi connectivity index (χ2v) is 6.99. The standard InChI is InChI=1S/C22H22N4O/c1-15-7-9-17(10-8-15)12-23-22-24-13-19(14-25-22)21(27)26-16(2)11-18-5-3-4-6-20(18)26/h3-10,13-14,16H,11-12H2,1-2H3,(H,23,24,25). The van der Waals surface area contributed by atoms with Crippen LogP contribution >= 0.6 is 0 Å². The number of carbonyl (C=O) groups is 1. The number of amides is 1. The van der Waals surface area contributed by atoms with Crippen LogP contribution in [0.2, 0.25) is 0 Å². The van der Waals surface area contributed by atoms with Crippen molar-refractivity contribution >= 4 is 17.5 Å². The summed E-state index contributed by atoms with van der Waals surface area (Å²) >= 11 is 0. The highest BCUT2D eigenvalue weighted by Crippen LogP contribution is 2.32. The lowest BCUT2D eigenvalue weighted by Crippen LogP contribution is -2.35. The Labute approximate surface area is 159 Å². The maximum absolute atomic E-state index is 13.0. The summed E-state index contributed by atoms with van der Waals surface area (Å²) in [5.41, 5.74) is 5.08. The molecule has 1 aliphatic heterocycles. The first kappa shape index (κ1) is 17.2. The maximum atomic E-state index is 13.0. The second-order valence-electron chi connectivity index (χ2n) is 6.99. The Bertz CT molecular complexity index is 951. The van der Waals surface area contributed by atoms with Gasteiger partial charge in [0.1, 0.15) is 0 Å². The number of nitrogens with one attached hydrogen (secondary N) is 1. The first-order valence-corrected chi connectivity index (χ1v) is 9.15. The van der Waals surface area contributed by atoms with Gasteiger partial charge >= 0.3 is 0 Å². The molecule has 1 N–H and O–H groups in total. The lowest BCUT2D eigenvalue weighted by Gasteiger charge is -2.22. The van der Waals surface area contributed by atoms with E-state index in [-0.39, 0.29) is 11.9 Å². The molecule has 5 nitrogen and oxygen atoms in total. The molecule has 4 rings (SSSR count). The molecule has 0 bridgehead atoms. The Kier molecular flexibility index (Phi) is 4.59. The molecule has 1 amide bonds. The number of anilines is 2. The summed E-state index contributed by atoms with van der Waals surface area (Å²) in [6.07, 6.45) is 4.07. The van der Waals surface area contributed by atoms with Crippen LogP contribution in [0.25, 0.3) is 0 Å². The third kappa shape index (κ3) is 3.53. The van der Waals surface area contributed by atoms with Gasteiger partial charge in [0.15, 0.2) is 0 Å². The van der Waals surface area contributed by atoms with Crippen LogP contribution in [-0.4, -0.2) is 21.9 Å². The Morgan fingerprint density at radius 2 is 1.81 bits per heavy atom. The van der Waals surface area contributed by atoms with Crippen molar-refractivity contribution < 1.29 is 4.79 Å². The molecular formula is C22H22N4O. The zero-order valence-corrected chi connectivity index (χ0v) is 15.5. The molecule has 3 aromatic rings. The van der Waals surface area contributed by atoms with Gasteiger partial charge in [-0.2, -0.15) is 0 Å². The van der Waals surface area contributed by atoms with Crippen LogP contribution in [0.15, 0.2) is 60.9 Å². The molecule has 0 fully saturated rings. The molecule has 0 saturated carbocycles. The van der Waals surface area contributed by atoms with Gasteiger partial charge in [0.05, 0.1) is 5.56 Å². The lowest BCUT2D eigenvalue weighted by atomic mass is 10.1. The molecule has 0 saturated heterocycles. The Hall–Kier alpha value is -3.21. The van der Waals surface area contributed by atoms with Crippen molar-refractivity contribution in [3.05, 3.63) is 83.2 Å². The highest BCUT2D eigenvalue weighted by atomic mass is 16.2. The second kappa shape index (κ2) is 7.19. The largest absolute Gasteiger partial charge is 0.350 e. The Morgan fingerprint density at radius 1 is 1.11 bits per heavy atom. The van der Waals surface area contributed by atoms with Crippen LogP contribution < -0.4 is 10.2 Å². The Morgan fingerprint density at radius 3 is 2.56 bits per heavy atom. The smallest absolute Gasteiger partial charge is 0.261 e. The van der Waals surface area contributed by atoms with Crippen molar-refractivity contribution in [1.82, 2.24) is 9.97 Å². The van der Waals surface area contributed by atoms with E-state index in [0.29, 0.717) is 18.1 Å². The van der Waals surface area contributed by atoms with Gasteiger partial charge in [-0.05, 0) is 37.5 Å². The van der Waals surface area contributed by atoms with E-state index in [0.717, 1.165) is 17.7 Å². The fourth-order valence-corrected chi connectivity index (χ4v) is 3.43. The molecule has 27 heavy (non-hydrogen) atoms. The van der Waals surface area contributed by atoms with Crippen molar-refractivity contribution in [3.8, 4) is 0 Å². The van der Waals surface area contributed by atoms with E-state index < -0.39 is 0 Å². The van der Waals surface area contributed by atoms with Crippen LogP contribution in [0.5, 0.6) is 0 Å². The highest BCUT2D eigenvalue weighted by Gasteiger charge is 2.31. The van der Waals surface area contributed by atoms with Crippen LogP contribution in [-0.2, 0) is 13.0 Å². The lowest BCUT2D eigenvalue weighted by molar-refractivity contribution is 0.0981. The third-order valence-corrected chi connectivity index (χ3v) is 4.90. The normalized spacial score (nSPS) is 15.5. The molecule has 0 radical (unpaired) electrons. The maximum Gasteiger partial charge on any atom is 0.261 e. The van der Waals surface area contributed by atoms with E-state index in [2.05, 4.69) is 59.5 Å². The number of fused-ring (bicyclic) bond motifs is 1. The fourth-order valence-electron chi connectivity index (χ4n) is 3.43. The van der Waals surface area contributed by atoms with E-state index >= 15 is 0 Å². The molecule has 1 aromatic heterocycles. The van der Waals surface area contributed by atoms with Gasteiger partial charge in [-0.1, -0.05) is 48.0 Å². The quantitative estimate of drug-likeness (QED) is 0.766. The number of aromatic nitrogens is 2. The van der Waals surface area contributed by atoms with Gasteiger partial charge in [-0.25, -0.2) is 9.97 Å². The molecule has 0 aliphatic carbocycles. The minimum Gasteiger partial charge on any atom is -0.350 e. The summed E-state index contributed by atoms with van der Waals surface area (Å²) in [6.45, 7) is 4.77. The average Bonchev–Trinajstić information content (AvgIpc) is 3.03. The third-order valence-electron chi connectivity index (χ3n) is 4.90. The zero-order valence-electron chi connectivity index (χ0n) is 15.5. The fraction of sp³-hybridized carbons (Fsp3) is 0.227. The number of hydrogen-bond donors (Lipinski definition) is 1. The van der Waals surface area contributed by atoms with E-state index in [4.69, 9.17) is 0 Å². The summed E-state index contributed by atoms with van der Waals surface area (Å²) in [7, 11) is 0. The number of nitrogens with zero attached hydrogens (tertiary/aromatic N) is 3. The first-order chi connectivity index (χ1) is 13.1. The highest BCUT2D eigenvalue weighted by molar-refractivity contribution is 6.07. The topological polar surface area (TPSA) is 58.1 Å². The van der Waals surface area contributed by atoms with E-state index in [9.17, 15) is 4.79 Å². The minimum atomic E-state index is -0.0578. The molecule has 1 unspecified atom stereocenters. The molecule has 136 valence electrons. The van der Waals surface area contributed by atoms with Gasteiger partial charge in [-0.15, -0.1) is 0 Å². The minimum absolute atomic E-state index is 0.0578. The first-order valence-electron chi connectivity index (χ1n) is 9.15. The number of benzene rings is 2. The molecule has 5 heteroatoms. The van der Waals surface area contributed by atoms with E-state index in [1.54, 1.807) is 12.4 Å². The number of aryl methyl sites for hydroxylation is 1. The summed E-state index contributed by atoms with van der Waals surface area (Å²) in [6, 6.07) is 16.5. The summed E-state index contributed by atoms with van der Waals surface area (Å²) in [4.78, 5) is 23.4. The van der Waals surface area contributed by atoms with Crippen LogP contribution in [0, 0.1) is 6.92 Å². The predicted molar refractivity (Wildman–Crippen MR) is 107 cm³/mol. The van der Waals surface area contributed by atoms with E-state index in [1.165, 1.54) is 11.1 Å². The SMILES string of the molecule is Cc1ccc(CNc2ncc(C(=O)N3c4ccccc4CC3C)cn2)cc1. The number of rotatable bonds is 4. The van der Waals surface area contributed by atoms with Gasteiger partial charge < -0.3 is 10.2 Å². The van der Waals surface area contributed by atoms with Crippen molar-refractivity contribution in [2.45, 2.75) is 32.9 Å². The van der Waals surface area contributed by atoms with Gasteiger partial charge in [0, 0.05) is 30.7 Å². The molecule has 1 atom stereocenters. The number of para-hydroxylation sites is 1. The number of hydrogen-bond acceptors (Lipinski definition) is 4. The predicted octanol–water partition coefficient (Wildman–Crippen LogP) is 3.99. The summed E-state index contributed by atoms with van der Waals surface area (Å²) in [5.74, 6) is 0.458. The van der Waals surface area contributed by atoms with Crippen LogP contribution in [0.4, 0.5) is 11.6 Å². The van der Waals surface area contributed by atoms with Crippen molar-refractivity contribution in [1.29, 1.82) is 0 Å². The van der Waals surface area contributed by atoms with Crippen molar-refractivity contribution in [2.75, 3.05) is 10.2 Å². The van der Waals surface area contributed by atoms with Crippen LogP contribution in [0.1, 0.15) is 34.0 Å². The zero-order chi connectivity index (χ0) is 18.8. The molecule has 2 aromatic carbocycles. The summed E-state index contributed by atoms with van der Waals surface area (Å²) < 4.78 is 0. The average molecular weight is 358 g/mol. The molecule has 0 spiro atoms. The van der Waals surface area contributed by atoms with Crippen LogP contribution in [0.3, 0.4) is 0 Å². The molecular weight excluding hydrogens is 336 g/mol. The summed E-state index contributed by atoms with van der Waals surface area (Å²) in [5, 5.41) is 3.19. The van der Waals surface area contributed by atoms with Crippen molar-refractivity contribution in [2.24, 2.45) is 0 Å². The van der Waals surface area contributed by atoms with Gasteiger partial charge in [0.2, 0.25) is 5.95 Å². The Balaban J connectivity index is 1.46. The van der Waals surface area contributed by atoms with E-state index in [1.807, 2.05) is 23.1 Å². The monoisotopic (exact) mass is 358 g/mol. The molecule has 2 heterocycles. The molecule has 1 aliphatic rings.